The van der Waals surface area contributed by atoms with Gasteiger partial charge in [0.1, 0.15) is 5.60 Å². The fourth-order valence-corrected chi connectivity index (χ4v) is 4.00. The van der Waals surface area contributed by atoms with Gasteiger partial charge < -0.3 is 4.74 Å². The van der Waals surface area contributed by atoms with Crippen LogP contribution in [0.2, 0.25) is 5.02 Å². The van der Waals surface area contributed by atoms with E-state index in [-0.39, 0.29) is 11.8 Å². The lowest BCUT2D eigenvalue weighted by molar-refractivity contribution is -0.131. The first-order valence-electron chi connectivity index (χ1n) is 9.34. The maximum atomic E-state index is 12.5. The molecule has 4 rings (SSSR count). The summed E-state index contributed by atoms with van der Waals surface area (Å²) in [6, 6.07) is 5.55. The van der Waals surface area contributed by atoms with Gasteiger partial charge in [-0.1, -0.05) is 11.6 Å². The molecule has 0 aliphatic carbocycles. The summed E-state index contributed by atoms with van der Waals surface area (Å²) in [6.07, 6.45) is 0.310. The van der Waals surface area contributed by atoms with E-state index in [4.69, 9.17) is 16.3 Å². The Kier molecular flexibility index (Phi) is 7.07. The summed E-state index contributed by atoms with van der Waals surface area (Å²) in [5.41, 5.74) is 1.24. The van der Waals surface area contributed by atoms with E-state index >= 15 is 0 Å². The van der Waals surface area contributed by atoms with Crippen LogP contribution in [0.15, 0.2) is 22.9 Å². The molecule has 166 valence electrons. The summed E-state index contributed by atoms with van der Waals surface area (Å²) in [7, 11) is 0. The maximum absolute atomic E-state index is 12.5. The molecule has 1 saturated heterocycles. The average Bonchev–Trinajstić information content (AvgIpc) is 3.11. The predicted octanol–water partition coefficient (Wildman–Crippen LogP) is 4.38. The monoisotopic (exact) mass is 575 g/mol. The third kappa shape index (κ3) is 5.64. The predicted molar refractivity (Wildman–Crippen MR) is 120 cm³/mol. The highest BCUT2D eigenvalue weighted by molar-refractivity contribution is 9.10. The van der Waals surface area contributed by atoms with Crippen molar-refractivity contribution in [2.24, 2.45) is 0 Å². The first kappa shape index (κ1) is 23.7. The van der Waals surface area contributed by atoms with Crippen molar-refractivity contribution in [3.8, 4) is 5.69 Å². The minimum Gasteiger partial charge on any atom is -0.444 e. The molecule has 0 bridgehead atoms. The SMILES string of the molecule is CC(C)(C)OC(=O)N1Cc2cc(Cl)ccc2-n2c(Br)nnc2C1.O=C1CCC(=O)N1Br. The van der Waals surface area contributed by atoms with Crippen LogP contribution in [0.4, 0.5) is 4.79 Å². The maximum Gasteiger partial charge on any atom is 0.411 e. The van der Waals surface area contributed by atoms with Crippen LogP contribution >= 0.6 is 43.7 Å². The molecule has 1 aromatic carbocycles. The number of hydrogen-bond donors (Lipinski definition) is 0. The largest absolute Gasteiger partial charge is 0.444 e. The second kappa shape index (κ2) is 9.25. The molecule has 3 heterocycles. The molecule has 1 aromatic heterocycles. The van der Waals surface area contributed by atoms with E-state index in [1.165, 1.54) is 0 Å². The van der Waals surface area contributed by atoms with Gasteiger partial charge >= 0.3 is 6.09 Å². The smallest absolute Gasteiger partial charge is 0.411 e. The summed E-state index contributed by atoms with van der Waals surface area (Å²) in [4.78, 5) is 35.0. The summed E-state index contributed by atoms with van der Waals surface area (Å²) >= 11 is 12.3. The van der Waals surface area contributed by atoms with E-state index in [1.54, 1.807) is 11.0 Å². The van der Waals surface area contributed by atoms with E-state index in [2.05, 4.69) is 42.3 Å². The van der Waals surface area contributed by atoms with Gasteiger partial charge in [0.15, 0.2) is 5.82 Å². The number of fused-ring (bicyclic) bond motifs is 3. The molecular formula is C19H20Br2ClN5O4. The van der Waals surface area contributed by atoms with Gasteiger partial charge in [-0.15, -0.1) is 10.2 Å². The topological polar surface area (TPSA) is 97.6 Å². The molecule has 3 amide bonds. The number of halogens is 3. The Bertz CT molecular complexity index is 1020. The Morgan fingerprint density at radius 1 is 1.13 bits per heavy atom. The summed E-state index contributed by atoms with van der Waals surface area (Å²) < 4.78 is 8.92. The number of amides is 3. The van der Waals surface area contributed by atoms with E-state index in [1.807, 2.05) is 37.5 Å². The first-order valence-corrected chi connectivity index (χ1v) is 11.2. The van der Waals surface area contributed by atoms with E-state index in [9.17, 15) is 14.4 Å². The standard InChI is InChI=1S/C15H16BrClN4O2.C4H4BrNO2/c1-15(2,3)23-14(22)20-7-9-6-10(17)4-5-11(9)21-12(8-20)18-19-13(21)16;5-6-3(7)1-2-4(6)8/h4-6H,7-8H2,1-3H3;1-2H2. The fourth-order valence-electron chi connectivity index (χ4n) is 2.97. The Hall–Kier alpha value is -1.98. The Balaban J connectivity index is 0.000000287. The van der Waals surface area contributed by atoms with E-state index < -0.39 is 11.7 Å². The van der Waals surface area contributed by atoms with Gasteiger partial charge in [0.2, 0.25) is 16.5 Å². The van der Waals surface area contributed by atoms with Crippen molar-refractivity contribution in [1.82, 2.24) is 23.6 Å². The Morgan fingerprint density at radius 3 is 2.32 bits per heavy atom. The lowest BCUT2D eigenvalue weighted by Crippen LogP contribution is -2.35. The van der Waals surface area contributed by atoms with Crippen LogP contribution < -0.4 is 0 Å². The molecule has 2 aromatic rings. The molecular weight excluding hydrogens is 558 g/mol. The lowest BCUT2D eigenvalue weighted by Gasteiger charge is -2.26. The molecule has 0 atom stereocenters. The quantitative estimate of drug-likeness (QED) is 0.341. The van der Waals surface area contributed by atoms with Gasteiger partial charge in [0.05, 0.1) is 34.9 Å². The van der Waals surface area contributed by atoms with Crippen molar-refractivity contribution in [3.63, 3.8) is 0 Å². The summed E-state index contributed by atoms with van der Waals surface area (Å²) in [6.45, 7) is 6.21. The molecule has 0 radical (unpaired) electrons. The number of benzene rings is 1. The minimum atomic E-state index is -0.561. The third-order valence-electron chi connectivity index (χ3n) is 4.31. The van der Waals surface area contributed by atoms with Crippen molar-refractivity contribution >= 4 is 61.6 Å². The molecule has 0 unspecified atom stereocenters. The molecule has 2 aliphatic rings. The fraction of sp³-hybridized carbons (Fsp3) is 0.421. The number of carbonyl (C=O) groups is 3. The average molecular weight is 578 g/mol. The van der Waals surface area contributed by atoms with Crippen molar-refractivity contribution in [1.29, 1.82) is 0 Å². The molecule has 9 nitrogen and oxygen atoms in total. The van der Waals surface area contributed by atoms with Crippen molar-refractivity contribution in [2.75, 3.05) is 0 Å². The van der Waals surface area contributed by atoms with Crippen LogP contribution in [0, 0.1) is 0 Å². The van der Waals surface area contributed by atoms with Crippen molar-refractivity contribution in [3.05, 3.63) is 39.3 Å². The highest BCUT2D eigenvalue weighted by atomic mass is 79.9. The molecule has 0 N–H and O–H groups in total. The van der Waals surface area contributed by atoms with Crippen LogP contribution in [0.25, 0.3) is 5.69 Å². The van der Waals surface area contributed by atoms with Gasteiger partial charge in [0, 0.05) is 17.9 Å². The van der Waals surface area contributed by atoms with Gasteiger partial charge in [0.25, 0.3) is 0 Å². The zero-order chi connectivity index (χ0) is 22.9. The molecule has 1 fully saturated rings. The Morgan fingerprint density at radius 2 is 1.77 bits per heavy atom. The van der Waals surface area contributed by atoms with Crippen LogP contribution in [0.5, 0.6) is 0 Å². The van der Waals surface area contributed by atoms with Crippen LogP contribution in [-0.4, -0.2) is 47.1 Å². The minimum absolute atomic E-state index is 0.144. The number of rotatable bonds is 0. The number of carbonyl (C=O) groups excluding carboxylic acids is 3. The number of aromatic nitrogens is 3. The number of imide groups is 1. The normalized spacial score (nSPS) is 15.7. The molecule has 0 spiro atoms. The molecule has 2 aliphatic heterocycles. The van der Waals surface area contributed by atoms with E-state index in [0.29, 0.717) is 41.5 Å². The lowest BCUT2D eigenvalue weighted by atomic mass is 10.1. The van der Waals surface area contributed by atoms with Crippen LogP contribution in [0.3, 0.4) is 0 Å². The van der Waals surface area contributed by atoms with Gasteiger partial charge in [-0.25, -0.2) is 8.72 Å². The molecule has 31 heavy (non-hydrogen) atoms. The second-order valence-electron chi connectivity index (χ2n) is 7.90. The van der Waals surface area contributed by atoms with Gasteiger partial charge in [-0.05, 0) is 60.5 Å². The zero-order valence-electron chi connectivity index (χ0n) is 17.1. The molecule has 12 heteroatoms. The van der Waals surface area contributed by atoms with Crippen molar-refractivity contribution < 1.29 is 19.1 Å². The number of ether oxygens (including phenoxy) is 1. The zero-order valence-corrected chi connectivity index (χ0v) is 21.0. The highest BCUT2D eigenvalue weighted by Gasteiger charge is 2.29. The van der Waals surface area contributed by atoms with Gasteiger partial charge in [-0.3, -0.25) is 19.1 Å². The highest BCUT2D eigenvalue weighted by Crippen LogP contribution is 2.29. The Labute approximate surface area is 201 Å². The first-order chi connectivity index (χ1) is 14.5. The third-order valence-corrected chi connectivity index (χ3v) is 5.85. The van der Waals surface area contributed by atoms with Crippen molar-refractivity contribution in [2.45, 2.75) is 52.3 Å². The number of hydrogen-bond acceptors (Lipinski definition) is 6. The van der Waals surface area contributed by atoms with Crippen LogP contribution in [0.1, 0.15) is 45.0 Å². The molecule has 0 saturated carbocycles. The second-order valence-corrected chi connectivity index (χ2v) is 9.75. The van der Waals surface area contributed by atoms with Crippen LogP contribution in [-0.2, 0) is 27.4 Å². The summed E-state index contributed by atoms with van der Waals surface area (Å²) in [5.74, 6) is 0.369. The van der Waals surface area contributed by atoms with E-state index in [0.717, 1.165) is 15.2 Å². The summed E-state index contributed by atoms with van der Waals surface area (Å²) in [5, 5.41) is 8.81. The number of nitrogens with zero attached hydrogens (tertiary/aromatic N) is 5. The van der Waals surface area contributed by atoms with Gasteiger partial charge in [-0.2, -0.15) is 0 Å².